The van der Waals surface area contributed by atoms with Crippen LogP contribution in [0.1, 0.15) is 69.1 Å². The number of likely N-dealkylation sites (tertiary alicyclic amines) is 1. The number of hydrogen-bond donors (Lipinski definition) is 0. The maximum atomic E-state index is 12.5. The highest BCUT2D eigenvalue weighted by atomic mass is 19.4. The molecule has 1 aliphatic carbocycles. The summed E-state index contributed by atoms with van der Waals surface area (Å²) in [5.74, 6) is -0.632. The van der Waals surface area contributed by atoms with Crippen molar-refractivity contribution in [3.05, 3.63) is 11.8 Å². The van der Waals surface area contributed by atoms with Crippen molar-refractivity contribution < 1.29 is 22.4 Å². The first-order chi connectivity index (χ1) is 11.4. The molecule has 2 fully saturated rings. The van der Waals surface area contributed by atoms with Gasteiger partial charge < -0.3 is 9.32 Å². The molecule has 1 amide bonds. The number of aromatic nitrogens is 2. The average molecular weight is 345 g/mol. The van der Waals surface area contributed by atoms with Crippen molar-refractivity contribution in [1.29, 1.82) is 0 Å². The number of carbonyl (C=O) groups excluding carboxylic acids is 1. The van der Waals surface area contributed by atoms with Crippen LogP contribution in [-0.4, -0.2) is 34.1 Å². The summed E-state index contributed by atoms with van der Waals surface area (Å²) >= 11 is 0. The minimum absolute atomic E-state index is 0.0281. The summed E-state index contributed by atoms with van der Waals surface area (Å²) in [6.45, 7) is 1.08. The molecule has 0 aromatic carbocycles. The summed E-state index contributed by atoms with van der Waals surface area (Å²) in [6, 6.07) is 0. The van der Waals surface area contributed by atoms with Gasteiger partial charge in [0.05, 0.1) is 0 Å². The molecule has 1 aliphatic heterocycles. The minimum atomic E-state index is -4.61. The molecule has 1 aromatic heterocycles. The SMILES string of the molecule is O=C(CCC1CCCC1)N1CCC(c2nnc(C(F)(F)F)o2)CC1. The van der Waals surface area contributed by atoms with Crippen LogP contribution in [0.3, 0.4) is 0 Å². The van der Waals surface area contributed by atoms with Gasteiger partial charge in [-0.1, -0.05) is 25.7 Å². The van der Waals surface area contributed by atoms with Gasteiger partial charge in [0.25, 0.3) is 0 Å². The second-order valence-electron chi connectivity index (χ2n) is 6.79. The van der Waals surface area contributed by atoms with Crippen LogP contribution in [0.25, 0.3) is 0 Å². The van der Waals surface area contributed by atoms with Crippen LogP contribution in [0.4, 0.5) is 13.2 Å². The molecule has 3 rings (SSSR count). The van der Waals surface area contributed by atoms with Crippen LogP contribution in [0, 0.1) is 5.92 Å². The Balaban J connectivity index is 1.46. The molecule has 0 radical (unpaired) electrons. The monoisotopic (exact) mass is 345 g/mol. The first-order valence-electron chi connectivity index (χ1n) is 8.62. The van der Waals surface area contributed by atoms with Gasteiger partial charge in [0, 0.05) is 25.4 Å². The predicted molar refractivity (Wildman–Crippen MR) is 79.0 cm³/mol. The number of alkyl halides is 3. The van der Waals surface area contributed by atoms with Crippen LogP contribution >= 0.6 is 0 Å². The van der Waals surface area contributed by atoms with Gasteiger partial charge in [0.2, 0.25) is 11.8 Å². The van der Waals surface area contributed by atoms with E-state index < -0.39 is 12.1 Å². The molecular formula is C16H22F3N3O2. The van der Waals surface area contributed by atoms with Crippen LogP contribution < -0.4 is 0 Å². The molecule has 2 heterocycles. The fraction of sp³-hybridized carbons (Fsp3) is 0.812. The first-order valence-corrected chi connectivity index (χ1v) is 8.62. The van der Waals surface area contributed by atoms with Crippen molar-refractivity contribution >= 4 is 5.91 Å². The minimum Gasteiger partial charge on any atom is -0.417 e. The predicted octanol–water partition coefficient (Wildman–Crippen LogP) is 3.76. The van der Waals surface area contributed by atoms with Crippen LogP contribution in [-0.2, 0) is 11.0 Å². The lowest BCUT2D eigenvalue weighted by Gasteiger charge is -2.30. The number of halogens is 3. The molecular weight excluding hydrogens is 323 g/mol. The van der Waals surface area contributed by atoms with E-state index in [0.717, 1.165) is 6.42 Å². The van der Waals surface area contributed by atoms with E-state index in [4.69, 9.17) is 4.42 Å². The third-order valence-corrected chi connectivity index (χ3v) is 5.12. The molecule has 0 atom stereocenters. The number of carbonyl (C=O) groups is 1. The van der Waals surface area contributed by atoms with E-state index in [0.29, 0.717) is 38.3 Å². The van der Waals surface area contributed by atoms with Crippen molar-refractivity contribution in [2.24, 2.45) is 5.92 Å². The third kappa shape index (κ3) is 4.08. The summed E-state index contributed by atoms with van der Waals surface area (Å²) in [5, 5.41) is 6.59. The Hall–Kier alpha value is -1.60. The highest BCUT2D eigenvalue weighted by Crippen LogP contribution is 2.33. The molecule has 2 aliphatic rings. The van der Waals surface area contributed by atoms with Crippen molar-refractivity contribution in [2.75, 3.05) is 13.1 Å². The van der Waals surface area contributed by atoms with Crippen molar-refractivity contribution in [2.45, 2.75) is 63.5 Å². The van der Waals surface area contributed by atoms with Crippen molar-refractivity contribution in [3.8, 4) is 0 Å². The van der Waals surface area contributed by atoms with E-state index in [9.17, 15) is 18.0 Å². The Morgan fingerprint density at radius 2 is 1.79 bits per heavy atom. The number of hydrogen-bond acceptors (Lipinski definition) is 4. The molecule has 1 saturated carbocycles. The van der Waals surface area contributed by atoms with Gasteiger partial charge in [0.1, 0.15) is 0 Å². The maximum Gasteiger partial charge on any atom is 0.470 e. The van der Waals surface area contributed by atoms with E-state index in [-0.39, 0.29) is 17.7 Å². The van der Waals surface area contributed by atoms with Gasteiger partial charge >= 0.3 is 12.1 Å². The van der Waals surface area contributed by atoms with E-state index in [1.165, 1.54) is 25.7 Å². The Kier molecular flexibility index (Phi) is 5.10. The van der Waals surface area contributed by atoms with Gasteiger partial charge in [-0.3, -0.25) is 4.79 Å². The average Bonchev–Trinajstić information content (AvgIpc) is 3.23. The lowest BCUT2D eigenvalue weighted by molar-refractivity contribution is -0.157. The Bertz CT molecular complexity index is 559. The lowest BCUT2D eigenvalue weighted by atomic mass is 9.96. The Labute approximate surface area is 138 Å². The van der Waals surface area contributed by atoms with E-state index >= 15 is 0 Å². The largest absolute Gasteiger partial charge is 0.470 e. The molecule has 0 unspecified atom stereocenters. The van der Waals surface area contributed by atoms with Crippen LogP contribution in [0.2, 0.25) is 0 Å². The quantitative estimate of drug-likeness (QED) is 0.833. The maximum absolute atomic E-state index is 12.5. The van der Waals surface area contributed by atoms with Gasteiger partial charge in [-0.15, -0.1) is 10.2 Å². The summed E-state index contributed by atoms with van der Waals surface area (Å²) < 4.78 is 42.2. The van der Waals surface area contributed by atoms with Crippen molar-refractivity contribution in [3.63, 3.8) is 0 Å². The molecule has 0 spiro atoms. The van der Waals surface area contributed by atoms with E-state index in [2.05, 4.69) is 10.2 Å². The van der Waals surface area contributed by atoms with E-state index in [1.54, 1.807) is 0 Å². The molecule has 8 heteroatoms. The normalized spacial score (nSPS) is 20.7. The number of rotatable bonds is 4. The van der Waals surface area contributed by atoms with Gasteiger partial charge in [-0.2, -0.15) is 13.2 Å². The third-order valence-electron chi connectivity index (χ3n) is 5.12. The molecule has 1 aromatic rings. The molecule has 5 nitrogen and oxygen atoms in total. The number of amides is 1. The van der Waals surface area contributed by atoms with Gasteiger partial charge in [0.15, 0.2) is 0 Å². The summed E-state index contributed by atoms with van der Waals surface area (Å²) in [5.41, 5.74) is 0. The summed E-state index contributed by atoms with van der Waals surface area (Å²) in [4.78, 5) is 14.1. The second-order valence-corrected chi connectivity index (χ2v) is 6.79. The number of nitrogens with zero attached hydrogens (tertiary/aromatic N) is 3. The molecule has 134 valence electrons. The first kappa shape index (κ1) is 17.2. The summed E-state index contributed by atoms with van der Waals surface area (Å²) in [6.07, 6.45) is 3.06. The zero-order valence-electron chi connectivity index (χ0n) is 13.5. The highest BCUT2D eigenvalue weighted by Gasteiger charge is 2.39. The fourth-order valence-electron chi connectivity index (χ4n) is 3.67. The second kappa shape index (κ2) is 7.11. The Morgan fingerprint density at radius 1 is 1.12 bits per heavy atom. The standard InChI is InChI=1S/C16H22F3N3O2/c17-16(18,19)15-21-20-14(24-15)12-7-9-22(10-8-12)13(23)6-5-11-3-1-2-4-11/h11-12H,1-10H2. The molecule has 1 saturated heterocycles. The topological polar surface area (TPSA) is 59.2 Å². The molecule has 0 bridgehead atoms. The lowest BCUT2D eigenvalue weighted by Crippen LogP contribution is -2.38. The summed E-state index contributed by atoms with van der Waals surface area (Å²) in [7, 11) is 0. The van der Waals surface area contributed by atoms with Crippen molar-refractivity contribution in [1.82, 2.24) is 15.1 Å². The Morgan fingerprint density at radius 3 is 2.38 bits per heavy atom. The fourth-order valence-corrected chi connectivity index (χ4v) is 3.67. The van der Waals surface area contributed by atoms with Gasteiger partial charge in [-0.25, -0.2) is 0 Å². The van der Waals surface area contributed by atoms with Crippen LogP contribution in [0.15, 0.2) is 4.42 Å². The number of piperidine rings is 1. The molecule has 0 N–H and O–H groups in total. The zero-order chi connectivity index (χ0) is 17.2. The molecule has 24 heavy (non-hydrogen) atoms. The van der Waals surface area contributed by atoms with Crippen LogP contribution in [0.5, 0.6) is 0 Å². The zero-order valence-corrected chi connectivity index (χ0v) is 13.5. The van der Waals surface area contributed by atoms with E-state index in [1.807, 2.05) is 4.90 Å². The highest BCUT2D eigenvalue weighted by molar-refractivity contribution is 5.76. The van der Waals surface area contributed by atoms with Gasteiger partial charge in [-0.05, 0) is 25.2 Å². The smallest absolute Gasteiger partial charge is 0.417 e.